The Labute approximate surface area is 111 Å². The van der Waals surface area contributed by atoms with Gasteiger partial charge in [0.25, 0.3) is 0 Å². The van der Waals surface area contributed by atoms with Crippen LogP contribution in [-0.2, 0) is 18.1 Å². The molecule has 0 fully saturated rings. The van der Waals surface area contributed by atoms with Crippen molar-refractivity contribution in [1.82, 2.24) is 4.98 Å². The Morgan fingerprint density at radius 1 is 1.21 bits per heavy atom. The van der Waals surface area contributed by atoms with Gasteiger partial charge in [-0.2, -0.15) is 13.2 Å². The number of halogens is 7. The molecule has 0 spiro atoms. The molecule has 1 aromatic heterocycles. The van der Waals surface area contributed by atoms with Crippen molar-refractivity contribution < 1.29 is 36.2 Å². The first-order valence-corrected chi connectivity index (χ1v) is 5.72. The van der Waals surface area contributed by atoms with Gasteiger partial charge in [-0.05, 0) is 0 Å². The molecular weight excluding hydrogens is 348 g/mol. The summed E-state index contributed by atoms with van der Waals surface area (Å²) in [5, 5.41) is 8.25. The Bertz CT molecular complexity index is 459. The van der Waals surface area contributed by atoms with Crippen molar-refractivity contribution in [1.29, 1.82) is 0 Å². The SMILES string of the molecule is OCc1ncc(OC(F)(F)F)c(CBr)c1C(F)(F)F. The normalized spacial score (nSPS) is 12.6. The van der Waals surface area contributed by atoms with E-state index in [2.05, 4.69) is 25.7 Å². The number of hydrogen-bond acceptors (Lipinski definition) is 3. The fourth-order valence-corrected chi connectivity index (χ4v) is 1.93. The molecule has 0 atom stereocenters. The zero-order valence-corrected chi connectivity index (χ0v) is 10.5. The van der Waals surface area contributed by atoms with E-state index in [1.807, 2.05) is 0 Å². The minimum absolute atomic E-state index is 0.491. The molecular formula is C9H6BrF6NO2. The number of alkyl halides is 7. The molecule has 0 aliphatic carbocycles. The van der Waals surface area contributed by atoms with Gasteiger partial charge >= 0.3 is 12.5 Å². The summed E-state index contributed by atoms with van der Waals surface area (Å²) < 4.78 is 78.1. The lowest BCUT2D eigenvalue weighted by atomic mass is 10.1. The monoisotopic (exact) mass is 353 g/mol. The Balaban J connectivity index is 3.45. The Kier molecular flexibility index (Phi) is 4.67. The molecule has 0 aliphatic heterocycles. The van der Waals surface area contributed by atoms with Crippen molar-refractivity contribution >= 4 is 15.9 Å². The summed E-state index contributed by atoms with van der Waals surface area (Å²) in [6, 6.07) is 0. The van der Waals surface area contributed by atoms with Crippen LogP contribution in [0.4, 0.5) is 26.3 Å². The van der Waals surface area contributed by atoms with Crippen molar-refractivity contribution in [3.05, 3.63) is 23.0 Å². The molecule has 0 unspecified atom stereocenters. The van der Waals surface area contributed by atoms with E-state index in [1.54, 1.807) is 0 Å². The van der Waals surface area contributed by atoms with E-state index >= 15 is 0 Å². The van der Waals surface area contributed by atoms with E-state index in [0.29, 0.717) is 6.20 Å². The molecule has 1 aromatic rings. The van der Waals surface area contributed by atoms with E-state index in [4.69, 9.17) is 5.11 Å². The maximum atomic E-state index is 12.8. The fourth-order valence-electron chi connectivity index (χ4n) is 1.38. The van der Waals surface area contributed by atoms with Crippen LogP contribution in [0, 0.1) is 0 Å². The maximum absolute atomic E-state index is 12.8. The fraction of sp³-hybridized carbons (Fsp3) is 0.444. The summed E-state index contributed by atoms with van der Waals surface area (Å²) in [7, 11) is 0. The van der Waals surface area contributed by atoms with Gasteiger partial charge in [-0.15, -0.1) is 13.2 Å². The summed E-state index contributed by atoms with van der Waals surface area (Å²) in [5.41, 5.74) is -2.98. The first-order valence-electron chi connectivity index (χ1n) is 4.60. The third kappa shape index (κ3) is 3.96. The second-order valence-electron chi connectivity index (χ2n) is 3.26. The zero-order chi connectivity index (χ0) is 14.8. The van der Waals surface area contributed by atoms with E-state index in [1.165, 1.54) is 0 Å². The second-order valence-corrected chi connectivity index (χ2v) is 3.82. The molecule has 0 saturated heterocycles. The van der Waals surface area contributed by atoms with Crippen LogP contribution in [0.15, 0.2) is 6.20 Å². The van der Waals surface area contributed by atoms with Crippen molar-refractivity contribution in [2.75, 3.05) is 0 Å². The van der Waals surface area contributed by atoms with Crippen LogP contribution >= 0.6 is 15.9 Å². The standard InChI is InChI=1S/C9H6BrF6NO2/c10-1-4-6(19-9(14,15)16)2-17-5(3-18)7(4)8(11,12)13/h2,18H,1,3H2. The van der Waals surface area contributed by atoms with E-state index in [-0.39, 0.29) is 0 Å². The number of hydrogen-bond donors (Lipinski definition) is 1. The molecule has 0 saturated carbocycles. The van der Waals surface area contributed by atoms with Crippen molar-refractivity contribution in [2.24, 2.45) is 0 Å². The van der Waals surface area contributed by atoms with Crippen LogP contribution < -0.4 is 4.74 Å². The molecule has 10 heteroatoms. The average Bonchev–Trinajstić information content (AvgIpc) is 2.25. The van der Waals surface area contributed by atoms with Gasteiger partial charge in [-0.25, -0.2) is 0 Å². The topological polar surface area (TPSA) is 42.4 Å². The van der Waals surface area contributed by atoms with Crippen LogP contribution in [0.2, 0.25) is 0 Å². The van der Waals surface area contributed by atoms with Gasteiger partial charge in [-0.3, -0.25) is 4.98 Å². The molecule has 3 nitrogen and oxygen atoms in total. The molecule has 108 valence electrons. The smallest absolute Gasteiger partial charge is 0.404 e. The van der Waals surface area contributed by atoms with Gasteiger partial charge in [0.1, 0.15) is 0 Å². The summed E-state index contributed by atoms with van der Waals surface area (Å²) in [5.74, 6) is -1.06. The Morgan fingerprint density at radius 3 is 2.16 bits per heavy atom. The minimum atomic E-state index is -5.14. The summed E-state index contributed by atoms with van der Waals surface area (Å²) in [6.07, 6.45) is -9.60. The highest BCUT2D eigenvalue weighted by atomic mass is 79.9. The highest BCUT2D eigenvalue weighted by molar-refractivity contribution is 9.08. The lowest BCUT2D eigenvalue weighted by molar-refractivity contribution is -0.275. The highest BCUT2D eigenvalue weighted by Crippen LogP contribution is 2.40. The van der Waals surface area contributed by atoms with Crippen LogP contribution in [0.25, 0.3) is 0 Å². The Morgan fingerprint density at radius 2 is 1.79 bits per heavy atom. The van der Waals surface area contributed by atoms with E-state index < -0.39 is 47.0 Å². The molecule has 19 heavy (non-hydrogen) atoms. The predicted octanol–water partition coefficient (Wildman–Crippen LogP) is 3.39. The van der Waals surface area contributed by atoms with Gasteiger partial charge in [0.15, 0.2) is 5.75 Å². The van der Waals surface area contributed by atoms with Gasteiger partial charge in [-0.1, -0.05) is 15.9 Å². The number of nitrogens with zero attached hydrogens (tertiary/aromatic N) is 1. The number of pyridine rings is 1. The lowest BCUT2D eigenvalue weighted by Gasteiger charge is -2.18. The van der Waals surface area contributed by atoms with Gasteiger partial charge in [0.2, 0.25) is 0 Å². The summed E-state index contributed by atoms with van der Waals surface area (Å²) >= 11 is 2.67. The lowest BCUT2D eigenvalue weighted by Crippen LogP contribution is -2.21. The van der Waals surface area contributed by atoms with Crippen LogP contribution in [0.5, 0.6) is 5.75 Å². The molecule has 1 heterocycles. The summed E-state index contributed by atoms with van der Waals surface area (Å²) in [4.78, 5) is 3.14. The third-order valence-electron chi connectivity index (χ3n) is 2.02. The number of aliphatic hydroxyl groups is 1. The number of aromatic nitrogens is 1. The van der Waals surface area contributed by atoms with E-state index in [0.717, 1.165) is 0 Å². The van der Waals surface area contributed by atoms with Crippen LogP contribution in [0.1, 0.15) is 16.8 Å². The molecule has 0 aromatic carbocycles. The minimum Gasteiger partial charge on any atom is -0.404 e. The number of aliphatic hydroxyl groups excluding tert-OH is 1. The Hall–Kier alpha value is -1.03. The third-order valence-corrected chi connectivity index (χ3v) is 2.58. The van der Waals surface area contributed by atoms with Gasteiger partial charge in [0, 0.05) is 10.9 Å². The molecule has 0 bridgehead atoms. The molecule has 1 N–H and O–H groups in total. The van der Waals surface area contributed by atoms with Gasteiger partial charge in [0.05, 0.1) is 24.1 Å². The molecule has 0 radical (unpaired) electrons. The number of ether oxygens (including phenoxy) is 1. The van der Waals surface area contributed by atoms with Gasteiger partial charge < -0.3 is 9.84 Å². The molecule has 0 aliphatic rings. The largest absolute Gasteiger partial charge is 0.573 e. The number of rotatable bonds is 3. The molecule has 0 amide bonds. The predicted molar refractivity (Wildman–Crippen MR) is 54.5 cm³/mol. The molecule has 1 rings (SSSR count). The highest BCUT2D eigenvalue weighted by Gasteiger charge is 2.40. The summed E-state index contributed by atoms with van der Waals surface area (Å²) in [6.45, 7) is -1.05. The van der Waals surface area contributed by atoms with Crippen molar-refractivity contribution in [3.63, 3.8) is 0 Å². The van der Waals surface area contributed by atoms with Crippen LogP contribution in [0.3, 0.4) is 0 Å². The van der Waals surface area contributed by atoms with Crippen LogP contribution in [-0.4, -0.2) is 16.5 Å². The van der Waals surface area contributed by atoms with Crippen molar-refractivity contribution in [2.45, 2.75) is 24.5 Å². The first kappa shape index (κ1) is 16.0. The first-order chi connectivity index (χ1) is 8.60. The quantitative estimate of drug-likeness (QED) is 0.669. The zero-order valence-electron chi connectivity index (χ0n) is 8.94. The van der Waals surface area contributed by atoms with E-state index in [9.17, 15) is 26.3 Å². The average molecular weight is 354 g/mol. The second kappa shape index (κ2) is 5.53. The maximum Gasteiger partial charge on any atom is 0.573 e. The van der Waals surface area contributed by atoms with Crippen molar-refractivity contribution in [3.8, 4) is 5.75 Å².